The summed E-state index contributed by atoms with van der Waals surface area (Å²) in [6, 6.07) is 8.33. The van der Waals surface area contributed by atoms with Gasteiger partial charge in [0.05, 0.1) is 24.1 Å². The molecule has 1 aromatic carbocycles. The van der Waals surface area contributed by atoms with Crippen molar-refractivity contribution in [3.8, 4) is 0 Å². The monoisotopic (exact) mass is 280 g/mol. The molecule has 0 atom stereocenters. The Labute approximate surface area is 124 Å². The second kappa shape index (κ2) is 5.95. The maximum Gasteiger partial charge on any atom is 0.0948 e. The number of hydrogen-bond donors (Lipinski definition) is 1. The van der Waals surface area contributed by atoms with Crippen LogP contribution in [-0.4, -0.2) is 14.5 Å². The molecule has 0 saturated heterocycles. The summed E-state index contributed by atoms with van der Waals surface area (Å²) in [6.45, 7) is 6.05. The number of aryl methyl sites for hydroxylation is 2. The minimum absolute atomic E-state index is 0.771. The summed E-state index contributed by atoms with van der Waals surface area (Å²) in [5, 5.41) is 4.68. The normalized spacial score (nSPS) is 11.0. The van der Waals surface area contributed by atoms with E-state index in [-0.39, 0.29) is 0 Å². The number of nitrogens with one attached hydrogen (secondary N) is 1. The second-order valence-corrected chi connectivity index (χ2v) is 5.26. The molecule has 0 bridgehead atoms. The molecule has 2 heterocycles. The predicted octanol–water partition coefficient (Wildman–Crippen LogP) is 3.76. The van der Waals surface area contributed by atoms with Crippen LogP contribution < -0.4 is 5.32 Å². The molecule has 2 aromatic heterocycles. The highest BCUT2D eigenvalue weighted by Crippen LogP contribution is 2.24. The Morgan fingerprint density at radius 1 is 1.24 bits per heavy atom. The highest BCUT2D eigenvalue weighted by atomic mass is 15.1. The van der Waals surface area contributed by atoms with E-state index in [1.165, 1.54) is 16.6 Å². The molecule has 0 saturated carbocycles. The fourth-order valence-corrected chi connectivity index (χ4v) is 2.59. The summed E-state index contributed by atoms with van der Waals surface area (Å²) < 4.78 is 2.20. The number of fused-ring (bicyclic) bond motifs is 1. The highest BCUT2D eigenvalue weighted by molar-refractivity contribution is 5.93. The van der Waals surface area contributed by atoms with Crippen LogP contribution in [0.2, 0.25) is 0 Å². The zero-order valence-electron chi connectivity index (χ0n) is 12.5. The van der Waals surface area contributed by atoms with E-state index in [0.717, 1.165) is 30.7 Å². The molecule has 0 radical (unpaired) electrons. The van der Waals surface area contributed by atoms with E-state index < -0.39 is 0 Å². The molecule has 0 amide bonds. The fourth-order valence-electron chi connectivity index (χ4n) is 2.59. The first-order chi connectivity index (χ1) is 10.3. The average molecular weight is 280 g/mol. The minimum Gasteiger partial charge on any atom is -0.379 e. The first-order valence-corrected chi connectivity index (χ1v) is 7.37. The molecule has 4 nitrogen and oxygen atoms in total. The van der Waals surface area contributed by atoms with Gasteiger partial charge in [-0.05, 0) is 37.1 Å². The van der Waals surface area contributed by atoms with E-state index >= 15 is 0 Å². The minimum atomic E-state index is 0.771. The molecule has 1 N–H and O–H groups in total. The van der Waals surface area contributed by atoms with Gasteiger partial charge in [0.15, 0.2) is 0 Å². The Balaban J connectivity index is 1.85. The van der Waals surface area contributed by atoms with Crippen molar-refractivity contribution in [3.05, 3.63) is 54.2 Å². The Bertz CT molecular complexity index is 745. The maximum atomic E-state index is 4.48. The third-order valence-corrected chi connectivity index (χ3v) is 3.69. The summed E-state index contributed by atoms with van der Waals surface area (Å²) in [6.07, 6.45) is 6.78. The molecule has 3 rings (SSSR count). The molecule has 0 unspecified atom stereocenters. The number of imidazole rings is 1. The van der Waals surface area contributed by atoms with Crippen molar-refractivity contribution in [1.82, 2.24) is 14.5 Å². The van der Waals surface area contributed by atoms with E-state index in [2.05, 4.69) is 51.9 Å². The molecule has 0 aliphatic rings. The van der Waals surface area contributed by atoms with Gasteiger partial charge in [0.25, 0.3) is 0 Å². The zero-order valence-corrected chi connectivity index (χ0v) is 12.5. The summed E-state index contributed by atoms with van der Waals surface area (Å²) in [7, 11) is 0. The van der Waals surface area contributed by atoms with Gasteiger partial charge in [-0.1, -0.05) is 13.0 Å². The van der Waals surface area contributed by atoms with Crippen LogP contribution in [-0.2, 0) is 13.1 Å². The average Bonchev–Trinajstić information content (AvgIpc) is 2.95. The van der Waals surface area contributed by atoms with E-state index in [0.29, 0.717) is 0 Å². The van der Waals surface area contributed by atoms with Gasteiger partial charge in [0.2, 0.25) is 0 Å². The fraction of sp³-hybridized carbons (Fsp3) is 0.294. The summed E-state index contributed by atoms with van der Waals surface area (Å²) in [5.41, 5.74) is 4.58. The van der Waals surface area contributed by atoms with Crippen molar-refractivity contribution < 1.29 is 0 Å². The molecule has 0 aliphatic heterocycles. The predicted molar refractivity (Wildman–Crippen MR) is 86.3 cm³/mol. The van der Waals surface area contributed by atoms with Crippen molar-refractivity contribution in [2.75, 3.05) is 5.32 Å². The first kappa shape index (κ1) is 13.6. The largest absolute Gasteiger partial charge is 0.379 e. The Morgan fingerprint density at radius 3 is 3.00 bits per heavy atom. The van der Waals surface area contributed by atoms with Gasteiger partial charge in [-0.25, -0.2) is 4.98 Å². The van der Waals surface area contributed by atoms with Crippen molar-refractivity contribution in [2.45, 2.75) is 33.4 Å². The third-order valence-electron chi connectivity index (χ3n) is 3.69. The van der Waals surface area contributed by atoms with Gasteiger partial charge < -0.3 is 9.88 Å². The Hall–Kier alpha value is -2.36. The molecule has 0 fully saturated rings. The summed E-state index contributed by atoms with van der Waals surface area (Å²) in [5.74, 6) is 0. The van der Waals surface area contributed by atoms with Crippen LogP contribution in [0.5, 0.6) is 0 Å². The van der Waals surface area contributed by atoms with Crippen LogP contribution in [0.25, 0.3) is 10.9 Å². The smallest absolute Gasteiger partial charge is 0.0948 e. The van der Waals surface area contributed by atoms with Crippen molar-refractivity contribution >= 4 is 16.6 Å². The number of nitrogens with zero attached hydrogens (tertiary/aromatic N) is 3. The number of hydrogen-bond acceptors (Lipinski definition) is 3. The molecule has 0 spiro atoms. The Morgan fingerprint density at radius 2 is 2.14 bits per heavy atom. The zero-order chi connectivity index (χ0) is 14.7. The number of aromatic nitrogens is 3. The van der Waals surface area contributed by atoms with Crippen LogP contribution in [0.3, 0.4) is 0 Å². The van der Waals surface area contributed by atoms with E-state index in [1.54, 1.807) is 0 Å². The molecule has 108 valence electrons. The molecular formula is C17H20N4. The van der Waals surface area contributed by atoms with E-state index in [1.807, 2.05) is 24.8 Å². The first-order valence-electron chi connectivity index (χ1n) is 7.37. The third kappa shape index (κ3) is 2.75. The van der Waals surface area contributed by atoms with Gasteiger partial charge in [-0.2, -0.15) is 0 Å². The number of rotatable bonds is 5. The van der Waals surface area contributed by atoms with Crippen molar-refractivity contribution in [1.29, 1.82) is 0 Å². The molecular weight excluding hydrogens is 260 g/mol. The lowest BCUT2D eigenvalue weighted by molar-refractivity contribution is 0.651. The highest BCUT2D eigenvalue weighted by Gasteiger charge is 2.06. The number of pyridine rings is 1. The molecule has 3 aromatic rings. The second-order valence-electron chi connectivity index (χ2n) is 5.26. The summed E-state index contributed by atoms with van der Waals surface area (Å²) in [4.78, 5) is 8.72. The van der Waals surface area contributed by atoms with Crippen molar-refractivity contribution in [2.24, 2.45) is 0 Å². The topological polar surface area (TPSA) is 42.7 Å². The number of anilines is 1. The molecule has 0 aliphatic carbocycles. The van der Waals surface area contributed by atoms with Crippen LogP contribution in [0, 0.1) is 6.92 Å². The van der Waals surface area contributed by atoms with Gasteiger partial charge in [-0.3, -0.25) is 4.98 Å². The van der Waals surface area contributed by atoms with Crippen LogP contribution in [0.4, 0.5) is 5.69 Å². The van der Waals surface area contributed by atoms with Crippen LogP contribution >= 0.6 is 0 Å². The van der Waals surface area contributed by atoms with Gasteiger partial charge in [-0.15, -0.1) is 0 Å². The van der Waals surface area contributed by atoms with E-state index in [4.69, 9.17) is 0 Å². The quantitative estimate of drug-likeness (QED) is 0.773. The maximum absolute atomic E-state index is 4.48. The molecule has 21 heavy (non-hydrogen) atoms. The van der Waals surface area contributed by atoms with Crippen LogP contribution in [0.1, 0.15) is 24.6 Å². The van der Waals surface area contributed by atoms with Crippen molar-refractivity contribution in [3.63, 3.8) is 0 Å². The lowest BCUT2D eigenvalue weighted by Crippen LogP contribution is -2.07. The number of benzene rings is 1. The standard InChI is InChI=1S/C17H20N4/c1-3-9-21-12-18-10-14(21)11-20-16-7-6-13(2)17-15(16)5-4-8-19-17/h4-8,10,12,20H,3,9,11H2,1-2H3. The van der Waals surface area contributed by atoms with E-state index in [9.17, 15) is 0 Å². The summed E-state index contributed by atoms with van der Waals surface area (Å²) >= 11 is 0. The lowest BCUT2D eigenvalue weighted by Gasteiger charge is -2.12. The lowest BCUT2D eigenvalue weighted by atomic mass is 10.1. The van der Waals surface area contributed by atoms with Gasteiger partial charge in [0.1, 0.15) is 0 Å². The van der Waals surface area contributed by atoms with Gasteiger partial charge in [0, 0.05) is 30.0 Å². The Kier molecular flexibility index (Phi) is 3.86. The molecule has 4 heteroatoms. The van der Waals surface area contributed by atoms with Gasteiger partial charge >= 0.3 is 0 Å². The SMILES string of the molecule is CCCn1cncc1CNc1ccc(C)c2ncccc12. The van der Waals surface area contributed by atoms with Crippen LogP contribution in [0.15, 0.2) is 43.0 Å².